The molecule has 0 aliphatic heterocycles. The molecule has 0 aromatic carbocycles. The molecule has 1 atom stereocenters. The van der Waals surface area contributed by atoms with Crippen LogP contribution in [0.1, 0.15) is 31.4 Å². The molecule has 0 amide bonds. The highest BCUT2D eigenvalue weighted by Crippen LogP contribution is 2.46. The van der Waals surface area contributed by atoms with Gasteiger partial charge >= 0.3 is 5.97 Å². The molecular formula is C15H14N2O3. The summed E-state index contributed by atoms with van der Waals surface area (Å²) in [7, 11) is 0. The van der Waals surface area contributed by atoms with Gasteiger partial charge in [-0.3, -0.25) is 0 Å². The van der Waals surface area contributed by atoms with Gasteiger partial charge in [0.2, 0.25) is 0 Å². The van der Waals surface area contributed by atoms with Gasteiger partial charge in [-0.1, -0.05) is 6.08 Å². The fraction of sp³-hybridized carbons (Fsp3) is 0.400. The molecule has 1 aliphatic carbocycles. The molecule has 0 saturated carbocycles. The molecule has 5 heteroatoms. The van der Waals surface area contributed by atoms with E-state index in [4.69, 9.17) is 9.15 Å². The minimum absolute atomic E-state index is 0.194. The number of rotatable bonds is 3. The van der Waals surface area contributed by atoms with Crippen LogP contribution in [-0.2, 0) is 9.53 Å². The first-order valence-electron chi connectivity index (χ1n) is 6.39. The van der Waals surface area contributed by atoms with Crippen molar-refractivity contribution in [1.29, 1.82) is 10.5 Å². The van der Waals surface area contributed by atoms with E-state index in [1.807, 2.05) is 0 Å². The lowest BCUT2D eigenvalue weighted by Crippen LogP contribution is -2.30. The van der Waals surface area contributed by atoms with E-state index in [-0.39, 0.29) is 12.8 Å². The van der Waals surface area contributed by atoms with Gasteiger partial charge in [0, 0.05) is 5.57 Å². The van der Waals surface area contributed by atoms with Gasteiger partial charge in [0.05, 0.1) is 30.9 Å². The minimum atomic E-state index is -1.20. The number of furan rings is 1. The van der Waals surface area contributed by atoms with Crippen molar-refractivity contribution in [3.05, 3.63) is 35.8 Å². The monoisotopic (exact) mass is 270 g/mol. The summed E-state index contributed by atoms with van der Waals surface area (Å²) in [5.41, 5.74) is -0.706. The van der Waals surface area contributed by atoms with E-state index in [0.717, 1.165) is 0 Å². The number of esters is 1. The Morgan fingerprint density at radius 3 is 2.85 bits per heavy atom. The van der Waals surface area contributed by atoms with Crippen LogP contribution in [0.25, 0.3) is 0 Å². The van der Waals surface area contributed by atoms with E-state index in [1.54, 1.807) is 25.1 Å². The summed E-state index contributed by atoms with van der Waals surface area (Å²) in [6.45, 7) is 2.03. The molecule has 1 aromatic rings. The van der Waals surface area contributed by atoms with Gasteiger partial charge in [-0.2, -0.15) is 10.5 Å². The van der Waals surface area contributed by atoms with Gasteiger partial charge in [0.25, 0.3) is 0 Å². The number of allylic oxidation sites excluding steroid dienone is 1. The number of carbonyl (C=O) groups excluding carboxylic acids is 1. The highest BCUT2D eigenvalue weighted by Gasteiger charge is 2.45. The topological polar surface area (TPSA) is 87.0 Å². The van der Waals surface area contributed by atoms with Crippen molar-refractivity contribution in [1.82, 2.24) is 0 Å². The third-order valence-electron chi connectivity index (χ3n) is 3.51. The fourth-order valence-corrected chi connectivity index (χ4v) is 2.40. The van der Waals surface area contributed by atoms with Gasteiger partial charge in [0.1, 0.15) is 5.76 Å². The SMILES string of the molecule is CCOC(=O)C1=CCC(C#N)(C#N)C(c2ccco2)C1. The molecule has 0 N–H and O–H groups in total. The Morgan fingerprint density at radius 1 is 1.55 bits per heavy atom. The minimum Gasteiger partial charge on any atom is -0.469 e. The first-order valence-corrected chi connectivity index (χ1v) is 6.39. The van der Waals surface area contributed by atoms with Crippen LogP contribution in [0.4, 0.5) is 0 Å². The maximum atomic E-state index is 11.8. The molecule has 0 spiro atoms. The molecule has 0 fully saturated rings. The number of nitrogens with zero attached hydrogens (tertiary/aromatic N) is 2. The summed E-state index contributed by atoms with van der Waals surface area (Å²) in [5, 5.41) is 18.8. The molecule has 1 aromatic heterocycles. The summed E-state index contributed by atoms with van der Waals surface area (Å²) in [6.07, 6.45) is 3.59. The average molecular weight is 270 g/mol. The molecule has 0 saturated heterocycles. The molecule has 0 radical (unpaired) electrons. The Hall–Kier alpha value is -2.53. The van der Waals surface area contributed by atoms with E-state index < -0.39 is 17.3 Å². The third kappa shape index (κ3) is 2.31. The summed E-state index contributed by atoms with van der Waals surface area (Å²) >= 11 is 0. The van der Waals surface area contributed by atoms with Crippen molar-refractivity contribution in [2.45, 2.75) is 25.7 Å². The summed E-state index contributed by atoms with van der Waals surface area (Å²) in [5.74, 6) is -0.312. The summed E-state index contributed by atoms with van der Waals surface area (Å²) in [4.78, 5) is 11.8. The highest BCUT2D eigenvalue weighted by atomic mass is 16.5. The van der Waals surface area contributed by atoms with Crippen LogP contribution >= 0.6 is 0 Å². The van der Waals surface area contributed by atoms with Crippen LogP contribution in [0.2, 0.25) is 0 Å². The predicted octanol–water partition coefficient (Wildman–Crippen LogP) is 2.68. The summed E-state index contributed by atoms with van der Waals surface area (Å²) in [6, 6.07) is 7.59. The van der Waals surface area contributed by atoms with Crippen molar-refractivity contribution < 1.29 is 13.9 Å². The van der Waals surface area contributed by atoms with E-state index in [1.165, 1.54) is 6.26 Å². The quantitative estimate of drug-likeness (QED) is 0.788. The first-order chi connectivity index (χ1) is 9.66. The van der Waals surface area contributed by atoms with Crippen LogP contribution in [0, 0.1) is 28.1 Å². The lowest BCUT2D eigenvalue weighted by molar-refractivity contribution is -0.138. The van der Waals surface area contributed by atoms with Gasteiger partial charge in [-0.05, 0) is 31.9 Å². The second-order valence-corrected chi connectivity index (χ2v) is 4.62. The maximum absolute atomic E-state index is 11.8. The number of hydrogen-bond donors (Lipinski definition) is 0. The van der Waals surface area contributed by atoms with E-state index in [0.29, 0.717) is 17.9 Å². The predicted molar refractivity (Wildman–Crippen MR) is 69.1 cm³/mol. The smallest absolute Gasteiger partial charge is 0.333 e. The molecule has 2 rings (SSSR count). The molecule has 1 unspecified atom stereocenters. The molecule has 1 heterocycles. The standard InChI is InChI=1S/C15H14N2O3/c1-2-19-14(18)11-5-6-15(9-16,10-17)12(8-11)13-4-3-7-20-13/h3-5,7,12H,2,6,8H2,1H3. The lowest BCUT2D eigenvalue weighted by atomic mass is 9.67. The van der Waals surface area contributed by atoms with Gasteiger partial charge < -0.3 is 9.15 Å². The second kappa shape index (κ2) is 5.63. The number of nitriles is 2. The zero-order valence-corrected chi connectivity index (χ0v) is 11.1. The zero-order chi connectivity index (χ0) is 14.6. The fourth-order valence-electron chi connectivity index (χ4n) is 2.40. The van der Waals surface area contributed by atoms with Gasteiger partial charge in [0.15, 0.2) is 5.41 Å². The molecule has 0 bridgehead atoms. The van der Waals surface area contributed by atoms with Crippen molar-refractivity contribution in [3.8, 4) is 12.1 Å². The van der Waals surface area contributed by atoms with E-state index >= 15 is 0 Å². The van der Waals surface area contributed by atoms with Crippen LogP contribution in [0.15, 0.2) is 34.5 Å². The molecular weight excluding hydrogens is 256 g/mol. The number of hydrogen-bond acceptors (Lipinski definition) is 5. The zero-order valence-electron chi connectivity index (χ0n) is 11.1. The molecule has 1 aliphatic rings. The Kier molecular flexibility index (Phi) is 3.91. The van der Waals surface area contributed by atoms with Crippen LogP contribution in [-0.4, -0.2) is 12.6 Å². The van der Waals surface area contributed by atoms with Gasteiger partial charge in [-0.15, -0.1) is 0 Å². The summed E-state index contributed by atoms with van der Waals surface area (Å²) < 4.78 is 10.3. The van der Waals surface area contributed by atoms with Crippen molar-refractivity contribution in [2.75, 3.05) is 6.61 Å². The lowest BCUT2D eigenvalue weighted by Gasteiger charge is -2.31. The average Bonchev–Trinajstić information content (AvgIpc) is 3.00. The van der Waals surface area contributed by atoms with Crippen molar-refractivity contribution in [3.63, 3.8) is 0 Å². The Morgan fingerprint density at radius 2 is 2.30 bits per heavy atom. The highest BCUT2D eigenvalue weighted by molar-refractivity contribution is 5.89. The Labute approximate surface area is 117 Å². The van der Waals surface area contributed by atoms with Crippen LogP contribution in [0.5, 0.6) is 0 Å². The largest absolute Gasteiger partial charge is 0.469 e. The van der Waals surface area contributed by atoms with Crippen LogP contribution < -0.4 is 0 Å². The normalized spacial score (nSPS) is 20.4. The van der Waals surface area contributed by atoms with Gasteiger partial charge in [-0.25, -0.2) is 4.79 Å². The Balaban J connectivity index is 2.37. The molecule has 5 nitrogen and oxygen atoms in total. The second-order valence-electron chi connectivity index (χ2n) is 4.62. The Bertz CT molecular complexity index is 588. The van der Waals surface area contributed by atoms with Crippen LogP contribution in [0.3, 0.4) is 0 Å². The van der Waals surface area contributed by atoms with Crippen molar-refractivity contribution in [2.24, 2.45) is 5.41 Å². The molecule has 20 heavy (non-hydrogen) atoms. The maximum Gasteiger partial charge on any atom is 0.333 e. The van der Waals surface area contributed by atoms with Crippen molar-refractivity contribution >= 4 is 5.97 Å². The third-order valence-corrected chi connectivity index (χ3v) is 3.51. The van der Waals surface area contributed by atoms with E-state index in [9.17, 15) is 15.3 Å². The molecule has 102 valence electrons. The van der Waals surface area contributed by atoms with E-state index in [2.05, 4.69) is 12.1 Å². The number of carbonyl (C=O) groups is 1. The number of ether oxygens (including phenoxy) is 1. The first kappa shape index (κ1) is 13.9.